The summed E-state index contributed by atoms with van der Waals surface area (Å²) in [7, 11) is 1.68. The van der Waals surface area contributed by atoms with Gasteiger partial charge in [0.1, 0.15) is 0 Å². The van der Waals surface area contributed by atoms with E-state index in [1.54, 1.807) is 7.11 Å². The second-order valence-electron chi connectivity index (χ2n) is 4.32. The Kier molecular flexibility index (Phi) is 7.32. The average Bonchev–Trinajstić information content (AvgIpc) is 2.30. The Morgan fingerprint density at radius 1 is 1.17 bits per heavy atom. The molecule has 18 heavy (non-hydrogen) atoms. The lowest BCUT2D eigenvalue weighted by Crippen LogP contribution is -2.09. The molecule has 0 aliphatic rings. The van der Waals surface area contributed by atoms with Crippen LogP contribution in [0.5, 0.6) is 0 Å². The summed E-state index contributed by atoms with van der Waals surface area (Å²) in [6.07, 6.45) is 0.990. The van der Waals surface area contributed by atoms with Crippen LogP contribution in [-0.4, -0.2) is 33.5 Å². The maximum absolute atomic E-state index is 5.41. The zero-order chi connectivity index (χ0) is 13.4. The van der Waals surface area contributed by atoms with Crippen molar-refractivity contribution in [3.05, 3.63) is 27.7 Å². The number of anilines is 1. The van der Waals surface area contributed by atoms with Crippen molar-refractivity contribution in [1.82, 2.24) is 0 Å². The van der Waals surface area contributed by atoms with Gasteiger partial charge in [-0.05, 0) is 53.4 Å². The van der Waals surface area contributed by atoms with E-state index >= 15 is 0 Å². The highest BCUT2D eigenvalue weighted by atomic mass is 79.9. The lowest BCUT2D eigenvalue weighted by molar-refractivity contribution is 0.0705. The Labute approximate surface area is 118 Å². The van der Waals surface area contributed by atoms with Crippen LogP contribution >= 0.6 is 15.9 Å². The fourth-order valence-corrected chi connectivity index (χ4v) is 2.59. The zero-order valence-corrected chi connectivity index (χ0v) is 13.0. The number of nitrogens with one attached hydrogen (secondary N) is 1. The number of hydrogen-bond donors (Lipinski definition) is 1. The first-order chi connectivity index (χ1) is 8.65. The number of aryl methyl sites for hydroxylation is 2. The smallest absolute Gasteiger partial charge is 0.0700 e. The van der Waals surface area contributed by atoms with E-state index in [1.165, 1.54) is 16.8 Å². The van der Waals surface area contributed by atoms with Crippen LogP contribution in [0.4, 0.5) is 5.69 Å². The van der Waals surface area contributed by atoms with Crippen LogP contribution in [0.15, 0.2) is 16.6 Å². The first kappa shape index (κ1) is 15.5. The van der Waals surface area contributed by atoms with E-state index in [0.29, 0.717) is 13.2 Å². The molecule has 0 saturated heterocycles. The number of rotatable bonds is 8. The highest BCUT2D eigenvalue weighted by Gasteiger charge is 2.03. The summed E-state index contributed by atoms with van der Waals surface area (Å²) < 4.78 is 11.5. The minimum absolute atomic E-state index is 0.663. The van der Waals surface area contributed by atoms with Crippen LogP contribution in [-0.2, 0) is 9.47 Å². The Balaban J connectivity index is 2.27. The van der Waals surface area contributed by atoms with Crippen molar-refractivity contribution in [2.75, 3.05) is 38.8 Å². The van der Waals surface area contributed by atoms with Crippen molar-refractivity contribution in [3.63, 3.8) is 0 Å². The predicted molar refractivity (Wildman–Crippen MR) is 79.4 cm³/mol. The second-order valence-corrected chi connectivity index (χ2v) is 5.18. The summed E-state index contributed by atoms with van der Waals surface area (Å²) in [5.41, 5.74) is 3.72. The van der Waals surface area contributed by atoms with Gasteiger partial charge in [0.2, 0.25) is 0 Å². The minimum Gasteiger partial charge on any atom is -0.384 e. The van der Waals surface area contributed by atoms with E-state index in [4.69, 9.17) is 9.47 Å². The average molecular weight is 316 g/mol. The number of halogens is 1. The first-order valence-electron chi connectivity index (χ1n) is 6.22. The van der Waals surface area contributed by atoms with Crippen LogP contribution < -0.4 is 5.32 Å². The van der Waals surface area contributed by atoms with E-state index in [0.717, 1.165) is 24.0 Å². The molecule has 102 valence electrons. The first-order valence-corrected chi connectivity index (χ1v) is 7.01. The van der Waals surface area contributed by atoms with Crippen molar-refractivity contribution in [2.24, 2.45) is 0 Å². The molecule has 0 atom stereocenters. The van der Waals surface area contributed by atoms with Gasteiger partial charge in [-0.3, -0.25) is 0 Å². The van der Waals surface area contributed by atoms with Crippen molar-refractivity contribution in [1.29, 1.82) is 0 Å². The van der Waals surface area contributed by atoms with Gasteiger partial charge in [-0.1, -0.05) is 6.07 Å². The van der Waals surface area contributed by atoms with Gasteiger partial charge in [0.25, 0.3) is 0 Å². The quantitative estimate of drug-likeness (QED) is 0.744. The highest BCUT2D eigenvalue weighted by Crippen LogP contribution is 2.27. The van der Waals surface area contributed by atoms with E-state index in [1.807, 2.05) is 0 Å². The van der Waals surface area contributed by atoms with E-state index in [2.05, 4.69) is 47.2 Å². The van der Waals surface area contributed by atoms with Crippen LogP contribution in [0.25, 0.3) is 0 Å². The molecule has 0 aliphatic heterocycles. The van der Waals surface area contributed by atoms with Gasteiger partial charge in [-0.25, -0.2) is 0 Å². The van der Waals surface area contributed by atoms with E-state index in [-0.39, 0.29) is 0 Å². The third kappa shape index (κ3) is 5.38. The zero-order valence-electron chi connectivity index (χ0n) is 11.4. The number of hydrogen-bond acceptors (Lipinski definition) is 3. The molecule has 1 aromatic carbocycles. The van der Waals surface area contributed by atoms with Gasteiger partial charge in [0.05, 0.1) is 18.9 Å². The molecule has 0 radical (unpaired) electrons. The van der Waals surface area contributed by atoms with Crippen LogP contribution in [0, 0.1) is 13.8 Å². The Bertz CT molecular complexity index is 346. The summed E-state index contributed by atoms with van der Waals surface area (Å²) >= 11 is 3.59. The minimum atomic E-state index is 0.663. The standard InChI is InChI=1S/C14H22BrNO2/c1-11-9-12(2)14(13(15)10-11)16-5-4-6-18-8-7-17-3/h9-10,16H,4-8H2,1-3H3. The molecule has 0 spiro atoms. The number of ether oxygens (including phenoxy) is 2. The molecule has 0 bridgehead atoms. The summed E-state index contributed by atoms with van der Waals surface area (Å²) in [6, 6.07) is 4.31. The molecule has 0 saturated carbocycles. The van der Waals surface area contributed by atoms with Crippen molar-refractivity contribution >= 4 is 21.6 Å². The lowest BCUT2D eigenvalue weighted by Gasteiger charge is -2.12. The maximum Gasteiger partial charge on any atom is 0.0700 e. The fraction of sp³-hybridized carbons (Fsp3) is 0.571. The van der Waals surface area contributed by atoms with Gasteiger partial charge in [-0.15, -0.1) is 0 Å². The van der Waals surface area contributed by atoms with E-state index in [9.17, 15) is 0 Å². The fourth-order valence-electron chi connectivity index (χ4n) is 1.77. The number of methoxy groups -OCH3 is 1. The Hall–Kier alpha value is -0.580. The van der Waals surface area contributed by atoms with Gasteiger partial charge in [0.15, 0.2) is 0 Å². The highest BCUT2D eigenvalue weighted by molar-refractivity contribution is 9.10. The Morgan fingerprint density at radius 3 is 2.61 bits per heavy atom. The monoisotopic (exact) mass is 315 g/mol. The molecule has 0 amide bonds. The normalized spacial score (nSPS) is 10.7. The molecule has 1 N–H and O–H groups in total. The summed E-state index contributed by atoms with van der Waals surface area (Å²) in [6.45, 7) is 7.23. The maximum atomic E-state index is 5.41. The number of benzene rings is 1. The van der Waals surface area contributed by atoms with Crippen molar-refractivity contribution in [3.8, 4) is 0 Å². The van der Waals surface area contributed by atoms with Gasteiger partial charge in [-0.2, -0.15) is 0 Å². The lowest BCUT2D eigenvalue weighted by atomic mass is 10.1. The molecule has 4 heteroatoms. The third-order valence-corrected chi connectivity index (χ3v) is 3.26. The summed E-state index contributed by atoms with van der Waals surface area (Å²) in [5.74, 6) is 0. The topological polar surface area (TPSA) is 30.5 Å². The molecule has 0 aliphatic carbocycles. The predicted octanol–water partition coefficient (Wildman–Crippen LogP) is 3.53. The van der Waals surface area contributed by atoms with Crippen LogP contribution in [0.2, 0.25) is 0 Å². The van der Waals surface area contributed by atoms with Gasteiger partial charge < -0.3 is 14.8 Å². The largest absolute Gasteiger partial charge is 0.384 e. The molecule has 3 nitrogen and oxygen atoms in total. The molecule has 0 aromatic heterocycles. The third-order valence-electron chi connectivity index (χ3n) is 2.63. The molecule has 0 heterocycles. The van der Waals surface area contributed by atoms with Crippen molar-refractivity contribution in [2.45, 2.75) is 20.3 Å². The molecule has 0 fully saturated rings. The summed E-state index contributed by atoms with van der Waals surface area (Å²) in [4.78, 5) is 0. The molecule has 0 unspecified atom stereocenters. The van der Waals surface area contributed by atoms with Gasteiger partial charge >= 0.3 is 0 Å². The molecule has 1 rings (SSSR count). The SMILES string of the molecule is COCCOCCCNc1c(C)cc(C)cc1Br. The molecular formula is C14H22BrNO2. The molecule has 1 aromatic rings. The molecular weight excluding hydrogens is 294 g/mol. The van der Waals surface area contributed by atoms with Crippen molar-refractivity contribution < 1.29 is 9.47 Å². The van der Waals surface area contributed by atoms with Crippen LogP contribution in [0.1, 0.15) is 17.5 Å². The van der Waals surface area contributed by atoms with Crippen LogP contribution in [0.3, 0.4) is 0 Å². The second kappa shape index (κ2) is 8.51. The van der Waals surface area contributed by atoms with Gasteiger partial charge in [0, 0.05) is 24.7 Å². The van der Waals surface area contributed by atoms with E-state index < -0.39 is 0 Å². The Morgan fingerprint density at radius 2 is 1.94 bits per heavy atom. The summed E-state index contributed by atoms with van der Waals surface area (Å²) in [5, 5.41) is 3.44.